The Balaban J connectivity index is 2.52. The van der Waals surface area contributed by atoms with Crippen LogP contribution in [0, 0.1) is 0 Å². The Morgan fingerprint density at radius 3 is 2.00 bits per heavy atom. The van der Waals surface area contributed by atoms with Crippen molar-refractivity contribution in [2.24, 2.45) is 0 Å². The van der Waals surface area contributed by atoms with E-state index in [2.05, 4.69) is 4.90 Å². The molecule has 1 aliphatic heterocycles. The molecule has 1 rings (SSSR count). The van der Waals surface area contributed by atoms with Crippen LogP contribution in [0.3, 0.4) is 0 Å². The van der Waals surface area contributed by atoms with Gasteiger partial charge in [-0.15, -0.1) is 0 Å². The quantitative estimate of drug-likeness (QED) is 0.721. The Morgan fingerprint density at radius 2 is 1.65 bits per heavy atom. The van der Waals surface area contributed by atoms with Crippen molar-refractivity contribution in [3.63, 3.8) is 0 Å². The van der Waals surface area contributed by atoms with Gasteiger partial charge in [-0.05, 0) is 13.8 Å². The van der Waals surface area contributed by atoms with Gasteiger partial charge in [0.1, 0.15) is 0 Å². The summed E-state index contributed by atoms with van der Waals surface area (Å²) in [5, 5.41) is 9.70. The summed E-state index contributed by atoms with van der Waals surface area (Å²) < 4.78 is 26.4. The summed E-state index contributed by atoms with van der Waals surface area (Å²) in [6.07, 6.45) is 0. The maximum Gasteiger partial charge on any atom is 0.281 e. The molecule has 0 saturated carbocycles. The maximum atomic E-state index is 11.9. The Kier molecular flexibility index (Phi) is 4.54. The van der Waals surface area contributed by atoms with E-state index >= 15 is 0 Å². The highest BCUT2D eigenvalue weighted by Gasteiger charge is 2.30. The van der Waals surface area contributed by atoms with Crippen molar-refractivity contribution in [1.29, 1.82) is 0 Å². The van der Waals surface area contributed by atoms with Crippen molar-refractivity contribution in [1.82, 2.24) is 13.5 Å². The second kappa shape index (κ2) is 5.19. The lowest BCUT2D eigenvalue weighted by Crippen LogP contribution is -2.53. The molecule has 1 heterocycles. The molecule has 1 aliphatic rings. The third-order valence-electron chi connectivity index (χ3n) is 2.73. The van der Waals surface area contributed by atoms with Crippen molar-refractivity contribution in [3.05, 3.63) is 0 Å². The molecule has 1 fully saturated rings. The van der Waals surface area contributed by atoms with Crippen LogP contribution >= 0.6 is 0 Å². The second-order valence-electron chi connectivity index (χ2n) is 5.28. The smallest absolute Gasteiger partial charge is 0.281 e. The fourth-order valence-electron chi connectivity index (χ4n) is 1.90. The molecule has 0 aromatic heterocycles. The summed E-state index contributed by atoms with van der Waals surface area (Å²) in [5.74, 6) is 0. The van der Waals surface area contributed by atoms with Gasteiger partial charge in [0, 0.05) is 46.8 Å². The zero-order chi connectivity index (χ0) is 13.3. The standard InChI is InChI=1S/C10H23N3O3S/c1-10(2,14)9-12-5-7-13(8-6-12)17(15,16)11(3)4/h14H,5-9H2,1-4H3. The predicted molar refractivity (Wildman–Crippen MR) is 66.9 cm³/mol. The highest BCUT2D eigenvalue weighted by molar-refractivity contribution is 7.86. The van der Waals surface area contributed by atoms with E-state index in [1.807, 2.05) is 0 Å². The van der Waals surface area contributed by atoms with Gasteiger partial charge in [0.25, 0.3) is 10.2 Å². The largest absolute Gasteiger partial charge is 0.389 e. The van der Waals surface area contributed by atoms with Crippen LogP contribution in [0.5, 0.6) is 0 Å². The van der Waals surface area contributed by atoms with Crippen LogP contribution in [-0.4, -0.2) is 79.5 Å². The first kappa shape index (κ1) is 14.8. The molecule has 1 N–H and O–H groups in total. The van der Waals surface area contributed by atoms with Crippen LogP contribution in [0.1, 0.15) is 13.8 Å². The number of rotatable bonds is 4. The van der Waals surface area contributed by atoms with Crippen molar-refractivity contribution in [2.75, 3.05) is 46.8 Å². The third-order valence-corrected chi connectivity index (χ3v) is 4.67. The fourth-order valence-corrected chi connectivity index (χ4v) is 2.98. The van der Waals surface area contributed by atoms with Gasteiger partial charge in [-0.25, -0.2) is 0 Å². The minimum Gasteiger partial charge on any atom is -0.389 e. The number of β-amino-alcohol motifs (C(OH)–C–C–N with tert-alkyl or cyclic N) is 1. The molecular formula is C10H23N3O3S. The van der Waals surface area contributed by atoms with Gasteiger partial charge in [-0.1, -0.05) is 0 Å². The van der Waals surface area contributed by atoms with Gasteiger partial charge in [0.2, 0.25) is 0 Å². The number of hydrogen-bond acceptors (Lipinski definition) is 4. The Labute approximate surface area is 104 Å². The molecule has 0 spiro atoms. The number of nitrogens with zero attached hydrogens (tertiary/aromatic N) is 3. The summed E-state index contributed by atoms with van der Waals surface area (Å²) in [6, 6.07) is 0. The summed E-state index contributed by atoms with van der Waals surface area (Å²) in [5.41, 5.74) is -0.734. The first-order chi connectivity index (χ1) is 7.63. The summed E-state index contributed by atoms with van der Waals surface area (Å²) in [7, 11) is -0.209. The van der Waals surface area contributed by atoms with Gasteiger partial charge in [-0.2, -0.15) is 17.0 Å². The van der Waals surface area contributed by atoms with Crippen LogP contribution < -0.4 is 0 Å². The van der Waals surface area contributed by atoms with E-state index in [1.165, 1.54) is 8.61 Å². The average Bonchev–Trinajstić information content (AvgIpc) is 2.15. The molecule has 7 heteroatoms. The molecule has 102 valence electrons. The maximum absolute atomic E-state index is 11.9. The van der Waals surface area contributed by atoms with Gasteiger partial charge >= 0.3 is 0 Å². The zero-order valence-corrected chi connectivity index (χ0v) is 11.9. The second-order valence-corrected chi connectivity index (χ2v) is 7.42. The van der Waals surface area contributed by atoms with E-state index in [4.69, 9.17) is 0 Å². The van der Waals surface area contributed by atoms with E-state index in [1.54, 1.807) is 27.9 Å². The zero-order valence-electron chi connectivity index (χ0n) is 11.0. The first-order valence-electron chi connectivity index (χ1n) is 5.75. The van der Waals surface area contributed by atoms with Gasteiger partial charge in [0.15, 0.2) is 0 Å². The first-order valence-corrected chi connectivity index (χ1v) is 7.15. The molecule has 0 aromatic carbocycles. The minimum atomic E-state index is -3.29. The van der Waals surface area contributed by atoms with E-state index in [-0.39, 0.29) is 0 Å². The molecule has 0 bridgehead atoms. The van der Waals surface area contributed by atoms with Crippen LogP contribution in [0.2, 0.25) is 0 Å². The molecule has 17 heavy (non-hydrogen) atoms. The topological polar surface area (TPSA) is 64.1 Å². The SMILES string of the molecule is CN(C)S(=O)(=O)N1CCN(CC(C)(C)O)CC1. The van der Waals surface area contributed by atoms with E-state index in [0.29, 0.717) is 32.7 Å². The lowest BCUT2D eigenvalue weighted by Gasteiger charge is -2.37. The van der Waals surface area contributed by atoms with Crippen LogP contribution in [0.25, 0.3) is 0 Å². The Bertz CT molecular complexity index is 340. The average molecular weight is 265 g/mol. The van der Waals surface area contributed by atoms with Gasteiger partial charge in [-0.3, -0.25) is 4.90 Å². The van der Waals surface area contributed by atoms with Gasteiger partial charge in [0.05, 0.1) is 5.60 Å². The molecule has 0 atom stereocenters. The molecule has 1 saturated heterocycles. The molecule has 0 radical (unpaired) electrons. The Hall–Kier alpha value is -0.210. The molecule has 0 amide bonds. The molecule has 0 unspecified atom stereocenters. The number of aliphatic hydroxyl groups is 1. The van der Waals surface area contributed by atoms with Crippen molar-refractivity contribution in [3.8, 4) is 0 Å². The molecule has 6 nitrogen and oxygen atoms in total. The van der Waals surface area contributed by atoms with E-state index < -0.39 is 15.8 Å². The minimum absolute atomic E-state index is 0.483. The Morgan fingerprint density at radius 1 is 1.18 bits per heavy atom. The molecule has 0 aliphatic carbocycles. The van der Waals surface area contributed by atoms with Crippen LogP contribution in [0.15, 0.2) is 0 Å². The number of piperazine rings is 1. The normalized spacial score (nSPS) is 21.1. The highest BCUT2D eigenvalue weighted by Crippen LogP contribution is 2.12. The summed E-state index contributed by atoms with van der Waals surface area (Å²) in [4.78, 5) is 2.08. The fraction of sp³-hybridized carbons (Fsp3) is 1.00. The van der Waals surface area contributed by atoms with Gasteiger partial charge < -0.3 is 5.11 Å². The van der Waals surface area contributed by atoms with Crippen molar-refractivity contribution >= 4 is 10.2 Å². The van der Waals surface area contributed by atoms with Crippen LogP contribution in [0.4, 0.5) is 0 Å². The number of hydrogen-bond donors (Lipinski definition) is 1. The van der Waals surface area contributed by atoms with Crippen LogP contribution in [-0.2, 0) is 10.2 Å². The lowest BCUT2D eigenvalue weighted by atomic mass is 10.1. The van der Waals surface area contributed by atoms with Crippen molar-refractivity contribution in [2.45, 2.75) is 19.4 Å². The summed E-state index contributed by atoms with van der Waals surface area (Å²) in [6.45, 7) is 6.38. The summed E-state index contributed by atoms with van der Waals surface area (Å²) >= 11 is 0. The predicted octanol–water partition coefficient (Wildman–Crippen LogP) is -0.819. The highest BCUT2D eigenvalue weighted by atomic mass is 32.2. The monoisotopic (exact) mass is 265 g/mol. The van der Waals surface area contributed by atoms with Crippen molar-refractivity contribution < 1.29 is 13.5 Å². The van der Waals surface area contributed by atoms with E-state index in [9.17, 15) is 13.5 Å². The molecule has 0 aromatic rings. The van der Waals surface area contributed by atoms with E-state index in [0.717, 1.165) is 0 Å². The molecular weight excluding hydrogens is 242 g/mol. The lowest BCUT2D eigenvalue weighted by molar-refractivity contribution is 0.0259. The third kappa shape index (κ3) is 4.18.